The molecule has 1 amide bonds. The van der Waals surface area contributed by atoms with Gasteiger partial charge in [-0.3, -0.25) is 14.6 Å². The van der Waals surface area contributed by atoms with E-state index in [2.05, 4.69) is 4.98 Å². The van der Waals surface area contributed by atoms with Gasteiger partial charge in [0, 0.05) is 30.1 Å². The molecule has 2 aromatic carbocycles. The Balaban J connectivity index is 1.90. The zero-order valence-corrected chi connectivity index (χ0v) is 18.4. The van der Waals surface area contributed by atoms with Gasteiger partial charge in [0.25, 0.3) is 11.7 Å². The number of aliphatic hydroxyl groups is 1. The van der Waals surface area contributed by atoms with E-state index in [0.717, 1.165) is 0 Å². The standard InChI is InChI=1S/C25H20ClFN2O4/c1-2-33-16-9-10-19(26)18(12-16)23(30)21-22(17-7-3-4-8-20(17)27)29(25(32)24(21)31)14-15-6-5-11-28-13-15/h3-13,22,30H,2,14H2,1H3/b23-21+. The molecule has 1 saturated heterocycles. The molecule has 8 heteroatoms. The third-order valence-corrected chi connectivity index (χ3v) is 5.65. The van der Waals surface area contributed by atoms with Crippen molar-refractivity contribution in [3.63, 3.8) is 0 Å². The number of aliphatic hydroxyl groups excluding tert-OH is 1. The fourth-order valence-corrected chi connectivity index (χ4v) is 4.05. The van der Waals surface area contributed by atoms with Gasteiger partial charge >= 0.3 is 0 Å². The minimum absolute atomic E-state index is 0.000905. The third kappa shape index (κ3) is 4.32. The third-order valence-electron chi connectivity index (χ3n) is 5.32. The maximum atomic E-state index is 14.9. The number of Topliss-reactive ketones (excluding diaryl/α,β-unsaturated/α-hetero) is 1. The zero-order valence-electron chi connectivity index (χ0n) is 17.7. The van der Waals surface area contributed by atoms with E-state index in [-0.39, 0.29) is 28.3 Å². The van der Waals surface area contributed by atoms with Gasteiger partial charge < -0.3 is 14.7 Å². The molecule has 0 radical (unpaired) electrons. The van der Waals surface area contributed by atoms with Crippen LogP contribution in [0.15, 0.2) is 72.6 Å². The zero-order chi connectivity index (χ0) is 23.5. The minimum atomic E-state index is -1.15. The predicted molar refractivity (Wildman–Crippen MR) is 121 cm³/mol. The molecule has 168 valence electrons. The number of ether oxygens (including phenoxy) is 1. The Morgan fingerprint density at radius 3 is 2.67 bits per heavy atom. The number of ketones is 1. The van der Waals surface area contributed by atoms with E-state index in [1.165, 1.54) is 35.2 Å². The summed E-state index contributed by atoms with van der Waals surface area (Å²) in [5.74, 6) is -2.47. The highest BCUT2D eigenvalue weighted by Gasteiger charge is 2.47. The van der Waals surface area contributed by atoms with Crippen molar-refractivity contribution in [2.24, 2.45) is 0 Å². The van der Waals surface area contributed by atoms with Crippen LogP contribution in [0.5, 0.6) is 5.75 Å². The highest BCUT2D eigenvalue weighted by atomic mass is 35.5. The first kappa shape index (κ1) is 22.5. The van der Waals surface area contributed by atoms with Crippen LogP contribution in [0.1, 0.15) is 29.7 Å². The molecule has 1 fully saturated rings. The second-order valence-corrected chi connectivity index (χ2v) is 7.79. The predicted octanol–water partition coefficient (Wildman–Crippen LogP) is 4.89. The average Bonchev–Trinajstić information content (AvgIpc) is 3.06. The van der Waals surface area contributed by atoms with E-state index in [9.17, 15) is 19.1 Å². The maximum Gasteiger partial charge on any atom is 0.295 e. The second-order valence-electron chi connectivity index (χ2n) is 7.38. The van der Waals surface area contributed by atoms with Crippen molar-refractivity contribution in [1.82, 2.24) is 9.88 Å². The molecule has 0 bridgehead atoms. The molecule has 0 saturated carbocycles. The Labute approximate surface area is 194 Å². The van der Waals surface area contributed by atoms with Crippen molar-refractivity contribution in [3.05, 3.63) is 100 Å². The summed E-state index contributed by atoms with van der Waals surface area (Å²) in [6.07, 6.45) is 3.14. The summed E-state index contributed by atoms with van der Waals surface area (Å²) in [6, 6.07) is 12.7. The van der Waals surface area contributed by atoms with E-state index in [4.69, 9.17) is 16.3 Å². The first-order valence-electron chi connectivity index (χ1n) is 10.3. The quantitative estimate of drug-likeness (QED) is 0.318. The van der Waals surface area contributed by atoms with Crippen LogP contribution in [0.4, 0.5) is 4.39 Å². The number of likely N-dealkylation sites (tertiary alicyclic amines) is 1. The van der Waals surface area contributed by atoms with Gasteiger partial charge in [0.2, 0.25) is 0 Å². The van der Waals surface area contributed by atoms with Gasteiger partial charge in [-0.2, -0.15) is 0 Å². The number of nitrogens with zero attached hydrogens (tertiary/aromatic N) is 2. The lowest BCUT2D eigenvalue weighted by Crippen LogP contribution is -2.29. The van der Waals surface area contributed by atoms with E-state index in [0.29, 0.717) is 17.9 Å². The lowest BCUT2D eigenvalue weighted by atomic mass is 9.94. The molecule has 3 aromatic rings. The van der Waals surface area contributed by atoms with Crippen LogP contribution in [0, 0.1) is 5.82 Å². The van der Waals surface area contributed by atoms with Crippen LogP contribution in [0.25, 0.3) is 5.76 Å². The van der Waals surface area contributed by atoms with Gasteiger partial charge in [0.15, 0.2) is 0 Å². The molecule has 0 spiro atoms. The second kappa shape index (κ2) is 9.42. The van der Waals surface area contributed by atoms with Crippen molar-refractivity contribution in [2.45, 2.75) is 19.5 Å². The molecule has 1 aromatic heterocycles. The molecule has 0 aliphatic carbocycles. The number of hydrogen-bond donors (Lipinski definition) is 1. The van der Waals surface area contributed by atoms with Crippen LogP contribution in [-0.4, -0.2) is 33.3 Å². The molecular formula is C25H20ClFN2O4. The van der Waals surface area contributed by atoms with E-state index >= 15 is 0 Å². The Morgan fingerprint density at radius 2 is 1.97 bits per heavy atom. The highest BCUT2D eigenvalue weighted by molar-refractivity contribution is 6.47. The number of benzene rings is 2. The molecule has 1 atom stereocenters. The van der Waals surface area contributed by atoms with Gasteiger partial charge in [-0.05, 0) is 42.8 Å². The molecule has 2 heterocycles. The number of halogens is 2. The van der Waals surface area contributed by atoms with Crippen LogP contribution < -0.4 is 4.74 Å². The molecule has 1 unspecified atom stereocenters. The molecule has 1 aliphatic heterocycles. The number of amides is 1. The van der Waals surface area contributed by atoms with Crippen LogP contribution >= 0.6 is 11.6 Å². The van der Waals surface area contributed by atoms with Gasteiger partial charge in [0.1, 0.15) is 17.3 Å². The van der Waals surface area contributed by atoms with Crippen LogP contribution in [0.3, 0.4) is 0 Å². The Kier molecular flexibility index (Phi) is 6.42. The number of carbonyl (C=O) groups is 2. The highest BCUT2D eigenvalue weighted by Crippen LogP contribution is 2.42. The summed E-state index contributed by atoms with van der Waals surface area (Å²) >= 11 is 6.30. The SMILES string of the molecule is CCOc1ccc(Cl)c(/C(O)=C2\C(=O)C(=O)N(Cc3cccnc3)C2c2ccccc2F)c1. The summed E-state index contributed by atoms with van der Waals surface area (Å²) < 4.78 is 20.4. The van der Waals surface area contributed by atoms with E-state index in [1.54, 1.807) is 43.6 Å². The van der Waals surface area contributed by atoms with Gasteiger partial charge in [-0.1, -0.05) is 35.9 Å². The van der Waals surface area contributed by atoms with Gasteiger partial charge in [-0.25, -0.2) is 4.39 Å². The molecular weight excluding hydrogens is 447 g/mol. The van der Waals surface area contributed by atoms with Crippen LogP contribution in [0.2, 0.25) is 5.02 Å². The Hall–Kier alpha value is -3.71. The summed E-state index contributed by atoms with van der Waals surface area (Å²) in [7, 11) is 0. The summed E-state index contributed by atoms with van der Waals surface area (Å²) in [5, 5.41) is 11.3. The Morgan fingerprint density at radius 1 is 1.18 bits per heavy atom. The number of aromatic nitrogens is 1. The smallest absolute Gasteiger partial charge is 0.295 e. The minimum Gasteiger partial charge on any atom is -0.507 e. The normalized spacial score (nSPS) is 17.4. The summed E-state index contributed by atoms with van der Waals surface area (Å²) in [6.45, 7) is 2.18. The van der Waals surface area contributed by atoms with Gasteiger partial charge in [0.05, 0.1) is 23.2 Å². The largest absolute Gasteiger partial charge is 0.507 e. The van der Waals surface area contributed by atoms with Gasteiger partial charge in [-0.15, -0.1) is 0 Å². The molecule has 4 rings (SSSR count). The summed E-state index contributed by atoms with van der Waals surface area (Å²) in [5.41, 5.74) is 0.601. The fourth-order valence-electron chi connectivity index (χ4n) is 3.84. The van der Waals surface area contributed by atoms with Crippen LogP contribution in [-0.2, 0) is 16.1 Å². The Bertz CT molecular complexity index is 1250. The fraction of sp³-hybridized carbons (Fsp3) is 0.160. The molecule has 6 nitrogen and oxygen atoms in total. The maximum absolute atomic E-state index is 14.9. The van der Waals surface area contributed by atoms with E-state index < -0.39 is 29.3 Å². The molecule has 33 heavy (non-hydrogen) atoms. The number of hydrogen-bond acceptors (Lipinski definition) is 5. The molecule has 1 aliphatic rings. The lowest BCUT2D eigenvalue weighted by molar-refractivity contribution is -0.140. The summed E-state index contributed by atoms with van der Waals surface area (Å²) in [4.78, 5) is 31.4. The number of carbonyl (C=O) groups excluding carboxylic acids is 2. The first-order chi connectivity index (χ1) is 15.9. The molecule has 1 N–H and O–H groups in total. The van der Waals surface area contributed by atoms with E-state index in [1.807, 2.05) is 0 Å². The first-order valence-corrected chi connectivity index (χ1v) is 10.6. The number of pyridine rings is 1. The van der Waals surface area contributed by atoms with Crippen molar-refractivity contribution in [1.29, 1.82) is 0 Å². The monoisotopic (exact) mass is 466 g/mol. The number of rotatable bonds is 6. The lowest BCUT2D eigenvalue weighted by Gasteiger charge is -2.25. The van der Waals surface area contributed by atoms with Crippen molar-refractivity contribution < 1.29 is 23.8 Å². The average molecular weight is 467 g/mol. The topological polar surface area (TPSA) is 79.7 Å². The van der Waals surface area contributed by atoms with Crippen molar-refractivity contribution >= 4 is 29.1 Å². The van der Waals surface area contributed by atoms with Crippen molar-refractivity contribution in [3.8, 4) is 5.75 Å². The van der Waals surface area contributed by atoms with Crippen molar-refractivity contribution in [2.75, 3.05) is 6.61 Å².